The predicted molar refractivity (Wildman–Crippen MR) is 240 cm³/mol. The molecule has 58 heavy (non-hydrogen) atoms. The molecule has 10 rings (SSSR count). The summed E-state index contributed by atoms with van der Waals surface area (Å²) < 4.78 is 4.82. The van der Waals surface area contributed by atoms with E-state index >= 15 is 0 Å². The molecule has 8 aromatic carbocycles. The van der Waals surface area contributed by atoms with E-state index in [0.717, 1.165) is 66.8 Å². The molecule has 0 N–H and O–H groups in total. The van der Waals surface area contributed by atoms with E-state index in [9.17, 15) is 10.5 Å². The number of aryl methyl sites for hydroxylation is 4. The third-order valence-corrected chi connectivity index (χ3v) is 11.6. The molecule has 4 heteroatoms. The zero-order valence-electron chi connectivity index (χ0n) is 32.8. The predicted octanol–water partition coefficient (Wildman–Crippen LogP) is 13.9. The maximum Gasteiger partial charge on any atom is 0.0998 e. The van der Waals surface area contributed by atoms with E-state index in [0.29, 0.717) is 11.1 Å². The lowest BCUT2D eigenvalue weighted by atomic mass is 9.87. The molecule has 0 spiro atoms. The molecule has 0 atom stereocenters. The lowest BCUT2D eigenvalue weighted by Crippen LogP contribution is -2.02. The molecule has 0 saturated carbocycles. The van der Waals surface area contributed by atoms with Crippen molar-refractivity contribution in [3.63, 3.8) is 0 Å². The molecule has 0 fully saturated rings. The minimum Gasteiger partial charge on any atom is -0.309 e. The van der Waals surface area contributed by atoms with Gasteiger partial charge in [0.2, 0.25) is 0 Å². The Morgan fingerprint density at radius 3 is 1.33 bits per heavy atom. The molecule has 0 aliphatic rings. The van der Waals surface area contributed by atoms with Gasteiger partial charge in [-0.1, -0.05) is 101 Å². The molecule has 0 unspecified atom stereocenters. The first kappa shape index (κ1) is 34.8. The summed E-state index contributed by atoms with van der Waals surface area (Å²) in [6, 6.07) is 60.6. The van der Waals surface area contributed by atoms with Crippen LogP contribution in [0.15, 0.2) is 158 Å². The van der Waals surface area contributed by atoms with Crippen LogP contribution in [-0.2, 0) is 0 Å². The summed E-state index contributed by atoms with van der Waals surface area (Å²) in [6.07, 6.45) is 0. The number of aromatic nitrogens is 2. The van der Waals surface area contributed by atoms with Crippen LogP contribution in [-0.4, -0.2) is 9.13 Å². The van der Waals surface area contributed by atoms with Gasteiger partial charge in [-0.15, -0.1) is 0 Å². The zero-order valence-corrected chi connectivity index (χ0v) is 32.8. The average molecular weight is 743 g/mol. The van der Waals surface area contributed by atoms with Crippen molar-refractivity contribution in [3.8, 4) is 56.9 Å². The van der Waals surface area contributed by atoms with Crippen LogP contribution in [0.1, 0.15) is 33.4 Å². The fourth-order valence-corrected chi connectivity index (χ4v) is 8.93. The second-order valence-corrected chi connectivity index (χ2v) is 15.5. The van der Waals surface area contributed by atoms with E-state index in [1.54, 1.807) is 0 Å². The second kappa shape index (κ2) is 13.5. The Labute approximate surface area is 337 Å². The number of hydrogen-bond acceptors (Lipinski definition) is 2. The fourth-order valence-electron chi connectivity index (χ4n) is 8.93. The van der Waals surface area contributed by atoms with Gasteiger partial charge in [-0.25, -0.2) is 0 Å². The first-order valence-electron chi connectivity index (χ1n) is 19.6. The highest BCUT2D eigenvalue weighted by Gasteiger charge is 2.22. The van der Waals surface area contributed by atoms with Crippen LogP contribution in [0, 0.1) is 50.4 Å². The van der Waals surface area contributed by atoms with Crippen LogP contribution in [0.3, 0.4) is 0 Å². The van der Waals surface area contributed by atoms with E-state index < -0.39 is 0 Å². The van der Waals surface area contributed by atoms with E-state index in [4.69, 9.17) is 0 Å². The van der Waals surface area contributed by atoms with Crippen LogP contribution in [0.2, 0.25) is 0 Å². The summed E-state index contributed by atoms with van der Waals surface area (Å²) in [6.45, 7) is 8.62. The highest BCUT2D eigenvalue weighted by atomic mass is 15.0. The van der Waals surface area contributed by atoms with Gasteiger partial charge in [-0.05, 0) is 129 Å². The van der Waals surface area contributed by atoms with E-state index in [1.807, 2.05) is 48.5 Å². The van der Waals surface area contributed by atoms with Gasteiger partial charge in [-0.2, -0.15) is 10.5 Å². The van der Waals surface area contributed by atoms with Gasteiger partial charge < -0.3 is 9.13 Å². The topological polar surface area (TPSA) is 57.4 Å². The Hall–Kier alpha value is -7.66. The third-order valence-electron chi connectivity index (χ3n) is 11.6. The van der Waals surface area contributed by atoms with E-state index in [1.165, 1.54) is 43.8 Å². The fraction of sp³-hybridized carbons (Fsp3) is 0.0741. The Kier molecular flexibility index (Phi) is 8.11. The molecule has 10 aromatic rings. The SMILES string of the molecule is Cc1ccc2c(c1)c1cc(C)ccc1n2-c1ccc(-c2ccc(-c3ccccc3C#N)cc2-c2ccccc2C#N)c(-n2c3ccc(C)cc3c3cc(C)ccc32)c1. The average Bonchev–Trinajstić information content (AvgIpc) is 3.74. The summed E-state index contributed by atoms with van der Waals surface area (Å²) in [4.78, 5) is 0. The summed E-state index contributed by atoms with van der Waals surface area (Å²) in [7, 11) is 0. The largest absolute Gasteiger partial charge is 0.309 e. The highest BCUT2D eigenvalue weighted by molar-refractivity contribution is 6.12. The van der Waals surface area contributed by atoms with Gasteiger partial charge >= 0.3 is 0 Å². The van der Waals surface area contributed by atoms with E-state index in [-0.39, 0.29) is 0 Å². The van der Waals surface area contributed by atoms with Gasteiger partial charge in [0.1, 0.15) is 0 Å². The molecule has 0 radical (unpaired) electrons. The smallest absolute Gasteiger partial charge is 0.0998 e. The summed E-state index contributed by atoms with van der Waals surface area (Å²) in [5.41, 5.74) is 18.3. The number of rotatable bonds is 5. The summed E-state index contributed by atoms with van der Waals surface area (Å²) in [5.74, 6) is 0. The molecular formula is C54H38N4. The maximum absolute atomic E-state index is 10.4. The lowest BCUT2D eigenvalue weighted by Gasteiger charge is -2.20. The Morgan fingerprint density at radius 2 is 0.810 bits per heavy atom. The van der Waals surface area contributed by atoms with Crippen molar-refractivity contribution in [1.29, 1.82) is 10.5 Å². The minimum atomic E-state index is 0.589. The highest BCUT2D eigenvalue weighted by Crippen LogP contribution is 2.44. The van der Waals surface area contributed by atoms with Crippen LogP contribution >= 0.6 is 0 Å². The van der Waals surface area contributed by atoms with Crippen molar-refractivity contribution in [2.45, 2.75) is 27.7 Å². The Morgan fingerprint density at radius 1 is 0.362 bits per heavy atom. The number of nitrogens with zero attached hydrogens (tertiary/aromatic N) is 4. The Bertz CT molecular complexity index is 3300. The van der Waals surface area contributed by atoms with Crippen LogP contribution < -0.4 is 0 Å². The number of hydrogen-bond donors (Lipinski definition) is 0. The van der Waals surface area contributed by atoms with Crippen molar-refractivity contribution in [2.75, 3.05) is 0 Å². The molecule has 0 aliphatic carbocycles. The first-order valence-corrected chi connectivity index (χ1v) is 19.6. The normalized spacial score (nSPS) is 11.4. The van der Waals surface area contributed by atoms with Gasteiger partial charge in [0.25, 0.3) is 0 Å². The van der Waals surface area contributed by atoms with Crippen LogP contribution in [0.25, 0.3) is 88.4 Å². The summed E-state index contributed by atoms with van der Waals surface area (Å²) >= 11 is 0. The molecule has 2 aromatic heterocycles. The number of fused-ring (bicyclic) bond motifs is 6. The van der Waals surface area contributed by atoms with Crippen molar-refractivity contribution in [2.24, 2.45) is 0 Å². The molecular weight excluding hydrogens is 705 g/mol. The van der Waals surface area contributed by atoms with Gasteiger partial charge in [0.05, 0.1) is 51.0 Å². The van der Waals surface area contributed by atoms with Crippen molar-refractivity contribution in [3.05, 3.63) is 191 Å². The molecule has 4 nitrogen and oxygen atoms in total. The second-order valence-electron chi connectivity index (χ2n) is 15.5. The van der Waals surface area contributed by atoms with Gasteiger partial charge in [0.15, 0.2) is 0 Å². The van der Waals surface area contributed by atoms with Crippen molar-refractivity contribution < 1.29 is 0 Å². The zero-order chi connectivity index (χ0) is 39.7. The van der Waals surface area contributed by atoms with Crippen molar-refractivity contribution in [1.82, 2.24) is 9.13 Å². The standard InChI is InChI=1S/C54H38N4/c1-33-13-21-50-46(25-33)47-26-34(2)14-22-51(47)57(50)40-18-20-44(54(30-40)58-52-23-15-35(3)27-48(52)49-28-36(4)16-24-53(49)58)43-19-17-37(41-11-7-5-9-38(41)31-55)29-45(43)42-12-8-6-10-39(42)32-56/h5-30H,1-4H3. The van der Waals surface area contributed by atoms with Gasteiger partial charge in [-0.3, -0.25) is 0 Å². The lowest BCUT2D eigenvalue weighted by molar-refractivity contribution is 1.13. The minimum absolute atomic E-state index is 0.589. The number of nitriles is 2. The number of benzene rings is 8. The monoisotopic (exact) mass is 742 g/mol. The molecule has 0 amide bonds. The quantitative estimate of drug-likeness (QED) is 0.176. The van der Waals surface area contributed by atoms with Crippen LogP contribution in [0.4, 0.5) is 0 Å². The van der Waals surface area contributed by atoms with E-state index in [2.05, 4.69) is 158 Å². The molecule has 0 saturated heterocycles. The molecule has 274 valence electrons. The molecule has 2 heterocycles. The molecule has 0 bridgehead atoms. The molecule has 0 aliphatic heterocycles. The maximum atomic E-state index is 10.4. The third kappa shape index (κ3) is 5.50. The van der Waals surface area contributed by atoms with Crippen molar-refractivity contribution >= 4 is 43.6 Å². The summed E-state index contributed by atoms with van der Waals surface area (Å²) in [5, 5.41) is 25.4. The van der Waals surface area contributed by atoms with Gasteiger partial charge in [0, 0.05) is 38.4 Å². The van der Waals surface area contributed by atoms with Crippen LogP contribution in [0.5, 0.6) is 0 Å². The first-order chi connectivity index (χ1) is 28.3. The Balaban J connectivity index is 1.34.